The van der Waals surface area contributed by atoms with Gasteiger partial charge in [-0.3, -0.25) is 0 Å². The summed E-state index contributed by atoms with van der Waals surface area (Å²) in [6.45, 7) is 1.03. The Labute approximate surface area is 145 Å². The molecule has 0 saturated heterocycles. The Morgan fingerprint density at radius 3 is 2.84 bits per heavy atom. The molecule has 7 heteroatoms. The third kappa shape index (κ3) is 4.26. The van der Waals surface area contributed by atoms with Gasteiger partial charge in [0.1, 0.15) is 6.61 Å². The molecule has 2 aromatic carbocycles. The molecule has 2 aromatic rings. The minimum Gasteiger partial charge on any atom is -0.504 e. The molecule has 1 aliphatic rings. The van der Waals surface area contributed by atoms with E-state index in [4.69, 9.17) is 14.2 Å². The highest BCUT2D eigenvalue weighted by Crippen LogP contribution is 2.30. The lowest BCUT2D eigenvalue weighted by Gasteiger charge is -2.26. The number of carbonyl (C=O) groups excluding carboxylic acids is 1. The summed E-state index contributed by atoms with van der Waals surface area (Å²) in [5, 5.41) is 15.1. The number of methoxy groups -OCH3 is 1. The van der Waals surface area contributed by atoms with Crippen LogP contribution in [0.1, 0.15) is 5.56 Å². The Hall–Kier alpha value is -3.09. The number of phenols is 1. The van der Waals surface area contributed by atoms with Crippen LogP contribution in [0.5, 0.6) is 23.0 Å². The van der Waals surface area contributed by atoms with E-state index in [2.05, 4.69) is 10.6 Å². The molecule has 1 heterocycles. The lowest BCUT2D eigenvalue weighted by atomic mass is 10.2. The van der Waals surface area contributed by atoms with Crippen LogP contribution in [0.3, 0.4) is 0 Å². The second-order valence-corrected chi connectivity index (χ2v) is 5.57. The van der Waals surface area contributed by atoms with Crippen LogP contribution in [0.4, 0.5) is 4.79 Å². The number of ether oxygens (including phenoxy) is 3. The third-order valence-corrected chi connectivity index (χ3v) is 3.76. The van der Waals surface area contributed by atoms with Crippen LogP contribution in [0.2, 0.25) is 0 Å². The predicted octanol–water partition coefficient (Wildman–Crippen LogP) is 2.04. The Balaban J connectivity index is 1.44. The van der Waals surface area contributed by atoms with E-state index in [1.165, 1.54) is 13.2 Å². The minimum atomic E-state index is -0.311. The van der Waals surface area contributed by atoms with E-state index in [1.54, 1.807) is 12.1 Å². The van der Waals surface area contributed by atoms with E-state index in [0.29, 0.717) is 36.9 Å². The summed E-state index contributed by atoms with van der Waals surface area (Å²) in [6.07, 6.45) is -0.241. The molecule has 0 radical (unpaired) electrons. The molecule has 7 nitrogen and oxygen atoms in total. The maximum absolute atomic E-state index is 11.9. The number of para-hydroxylation sites is 2. The van der Waals surface area contributed by atoms with Gasteiger partial charge in [-0.05, 0) is 29.8 Å². The first-order chi connectivity index (χ1) is 12.2. The van der Waals surface area contributed by atoms with Gasteiger partial charge >= 0.3 is 6.03 Å². The van der Waals surface area contributed by atoms with Gasteiger partial charge in [0.25, 0.3) is 0 Å². The number of aromatic hydroxyl groups is 1. The minimum absolute atomic E-state index is 0.0606. The molecule has 2 amide bonds. The molecule has 0 spiro atoms. The zero-order valence-electron chi connectivity index (χ0n) is 13.8. The first-order valence-electron chi connectivity index (χ1n) is 7.92. The summed E-state index contributed by atoms with van der Waals surface area (Å²) in [6, 6.07) is 12.0. The topological polar surface area (TPSA) is 89.1 Å². The number of amides is 2. The fourth-order valence-corrected chi connectivity index (χ4v) is 2.45. The SMILES string of the molecule is COc1cc(CNC(=O)NC[C@H]2COc3ccccc3O2)ccc1O. The molecular weight excluding hydrogens is 324 g/mol. The van der Waals surface area contributed by atoms with E-state index in [9.17, 15) is 9.90 Å². The lowest BCUT2D eigenvalue weighted by Crippen LogP contribution is -2.44. The van der Waals surface area contributed by atoms with E-state index in [0.717, 1.165) is 5.56 Å². The van der Waals surface area contributed by atoms with Gasteiger partial charge in [0.05, 0.1) is 13.7 Å². The van der Waals surface area contributed by atoms with Crippen molar-refractivity contribution in [2.75, 3.05) is 20.3 Å². The van der Waals surface area contributed by atoms with Crippen LogP contribution < -0.4 is 24.8 Å². The van der Waals surface area contributed by atoms with Crippen molar-refractivity contribution in [3.8, 4) is 23.0 Å². The number of rotatable bonds is 5. The van der Waals surface area contributed by atoms with Gasteiger partial charge in [-0.15, -0.1) is 0 Å². The van der Waals surface area contributed by atoms with Gasteiger partial charge in [0, 0.05) is 6.54 Å². The van der Waals surface area contributed by atoms with E-state index < -0.39 is 0 Å². The standard InChI is InChI=1S/C18H20N2O5/c1-23-17-8-12(6-7-14(17)21)9-19-18(22)20-10-13-11-24-15-4-2-3-5-16(15)25-13/h2-8,13,21H,9-11H2,1H3,(H2,19,20,22)/t13-/m0/s1. The maximum atomic E-state index is 11.9. The number of nitrogens with one attached hydrogen (secondary N) is 2. The molecule has 3 N–H and O–H groups in total. The summed E-state index contributed by atoms with van der Waals surface area (Å²) in [4.78, 5) is 11.9. The lowest BCUT2D eigenvalue weighted by molar-refractivity contribution is 0.0918. The van der Waals surface area contributed by atoms with Crippen LogP contribution >= 0.6 is 0 Å². The van der Waals surface area contributed by atoms with Crippen LogP contribution in [0.15, 0.2) is 42.5 Å². The normalized spacial score (nSPS) is 15.3. The van der Waals surface area contributed by atoms with Crippen LogP contribution in [-0.2, 0) is 6.54 Å². The van der Waals surface area contributed by atoms with Crippen molar-refractivity contribution in [3.05, 3.63) is 48.0 Å². The van der Waals surface area contributed by atoms with Crippen molar-refractivity contribution in [2.24, 2.45) is 0 Å². The van der Waals surface area contributed by atoms with Gasteiger partial charge < -0.3 is 30.0 Å². The van der Waals surface area contributed by atoms with E-state index >= 15 is 0 Å². The first-order valence-corrected chi connectivity index (χ1v) is 7.92. The molecule has 132 valence electrons. The number of hydrogen-bond acceptors (Lipinski definition) is 5. The van der Waals surface area contributed by atoms with Crippen molar-refractivity contribution in [1.82, 2.24) is 10.6 Å². The molecule has 25 heavy (non-hydrogen) atoms. The summed E-state index contributed by atoms with van der Waals surface area (Å²) in [5.41, 5.74) is 0.816. The largest absolute Gasteiger partial charge is 0.504 e. The molecule has 0 fully saturated rings. The van der Waals surface area contributed by atoms with E-state index in [1.807, 2.05) is 24.3 Å². The summed E-state index contributed by atoms with van der Waals surface area (Å²) in [7, 11) is 1.48. The fraction of sp³-hybridized carbons (Fsp3) is 0.278. The number of fused-ring (bicyclic) bond motifs is 1. The molecule has 0 bridgehead atoms. The van der Waals surface area contributed by atoms with Crippen LogP contribution in [-0.4, -0.2) is 37.5 Å². The summed E-state index contributed by atoms with van der Waals surface area (Å²) >= 11 is 0. The monoisotopic (exact) mass is 344 g/mol. The van der Waals surface area contributed by atoms with Crippen molar-refractivity contribution in [3.63, 3.8) is 0 Å². The van der Waals surface area contributed by atoms with Crippen molar-refractivity contribution in [2.45, 2.75) is 12.6 Å². The number of benzene rings is 2. The van der Waals surface area contributed by atoms with Gasteiger partial charge in [-0.2, -0.15) is 0 Å². The Bertz CT molecular complexity index is 750. The highest BCUT2D eigenvalue weighted by molar-refractivity contribution is 5.73. The molecule has 3 rings (SSSR count). The van der Waals surface area contributed by atoms with Crippen LogP contribution in [0, 0.1) is 0 Å². The van der Waals surface area contributed by atoms with Crippen molar-refractivity contribution < 1.29 is 24.1 Å². The highest BCUT2D eigenvalue weighted by atomic mass is 16.6. The second kappa shape index (κ2) is 7.65. The molecule has 0 saturated carbocycles. The molecule has 0 aromatic heterocycles. The van der Waals surface area contributed by atoms with E-state index in [-0.39, 0.29) is 17.9 Å². The van der Waals surface area contributed by atoms with Gasteiger partial charge in [0.15, 0.2) is 29.1 Å². The number of urea groups is 1. The molecule has 1 atom stereocenters. The highest BCUT2D eigenvalue weighted by Gasteiger charge is 2.20. The zero-order chi connectivity index (χ0) is 17.6. The smallest absolute Gasteiger partial charge is 0.315 e. The third-order valence-electron chi connectivity index (χ3n) is 3.76. The van der Waals surface area contributed by atoms with Crippen molar-refractivity contribution >= 4 is 6.03 Å². The number of hydrogen-bond donors (Lipinski definition) is 3. The zero-order valence-corrected chi connectivity index (χ0v) is 13.8. The molecular formula is C18H20N2O5. The fourth-order valence-electron chi connectivity index (χ4n) is 2.45. The average Bonchev–Trinajstić information content (AvgIpc) is 2.65. The molecule has 1 aliphatic heterocycles. The van der Waals surface area contributed by atoms with Crippen LogP contribution in [0.25, 0.3) is 0 Å². The Morgan fingerprint density at radius 1 is 1.24 bits per heavy atom. The van der Waals surface area contributed by atoms with Gasteiger partial charge in [0.2, 0.25) is 0 Å². The first kappa shape index (κ1) is 16.8. The molecule has 0 unspecified atom stereocenters. The Kier molecular flexibility index (Phi) is 5.13. The predicted molar refractivity (Wildman–Crippen MR) is 91.3 cm³/mol. The quantitative estimate of drug-likeness (QED) is 0.772. The van der Waals surface area contributed by atoms with Crippen molar-refractivity contribution in [1.29, 1.82) is 0 Å². The summed E-state index contributed by atoms with van der Waals surface area (Å²) < 4.78 is 16.4. The number of carbonyl (C=O) groups is 1. The Morgan fingerprint density at radius 2 is 2.04 bits per heavy atom. The second-order valence-electron chi connectivity index (χ2n) is 5.57. The number of phenolic OH excluding ortho intramolecular Hbond substituents is 1. The van der Waals surface area contributed by atoms with Gasteiger partial charge in [-0.1, -0.05) is 18.2 Å². The summed E-state index contributed by atoms with van der Waals surface area (Å²) in [5.74, 6) is 1.82. The molecule has 0 aliphatic carbocycles. The van der Waals surface area contributed by atoms with Gasteiger partial charge in [-0.25, -0.2) is 4.79 Å². The maximum Gasteiger partial charge on any atom is 0.315 e. The average molecular weight is 344 g/mol.